The Bertz CT molecular complexity index is 1730. The molecular formula is C33H31N3O7. The van der Waals surface area contributed by atoms with E-state index in [1.807, 2.05) is 50.2 Å². The van der Waals surface area contributed by atoms with Crippen molar-refractivity contribution >= 4 is 34.9 Å². The number of ether oxygens (including phenoxy) is 3. The lowest BCUT2D eigenvalue weighted by Gasteiger charge is -2.34. The van der Waals surface area contributed by atoms with Crippen molar-refractivity contribution in [3.63, 3.8) is 0 Å². The third-order valence-electron chi connectivity index (χ3n) is 7.15. The Labute approximate surface area is 248 Å². The molecule has 10 nitrogen and oxygen atoms in total. The van der Waals surface area contributed by atoms with E-state index in [0.717, 1.165) is 22.5 Å². The molecule has 0 atom stereocenters. The molecule has 1 aliphatic heterocycles. The van der Waals surface area contributed by atoms with Crippen LogP contribution in [0.25, 0.3) is 11.1 Å². The minimum atomic E-state index is -1.14. The Balaban J connectivity index is 1.52. The average Bonchev–Trinajstić information content (AvgIpc) is 3.00. The highest BCUT2D eigenvalue weighted by atomic mass is 16.5. The molecule has 220 valence electrons. The molecule has 0 saturated heterocycles. The van der Waals surface area contributed by atoms with E-state index in [4.69, 9.17) is 14.2 Å². The van der Waals surface area contributed by atoms with E-state index < -0.39 is 17.5 Å². The van der Waals surface area contributed by atoms with Crippen molar-refractivity contribution in [2.45, 2.75) is 25.9 Å². The number of hydrogen-bond acceptors (Lipinski definition) is 8. The topological polar surface area (TPSA) is 135 Å². The number of rotatable bonds is 9. The zero-order valence-corrected chi connectivity index (χ0v) is 24.1. The first-order valence-electron chi connectivity index (χ1n) is 13.5. The van der Waals surface area contributed by atoms with Crippen LogP contribution in [0.5, 0.6) is 17.2 Å². The van der Waals surface area contributed by atoms with Crippen LogP contribution in [0, 0.1) is 0 Å². The number of benzene rings is 4. The van der Waals surface area contributed by atoms with E-state index in [-0.39, 0.29) is 22.8 Å². The number of hydrogen-bond donors (Lipinski definition) is 4. The molecule has 4 aromatic rings. The molecule has 0 aliphatic carbocycles. The molecule has 0 radical (unpaired) electrons. The first kappa shape index (κ1) is 29.0. The molecular weight excluding hydrogens is 550 g/mol. The van der Waals surface area contributed by atoms with Crippen LogP contribution in [-0.2, 0) is 11.3 Å². The maximum absolute atomic E-state index is 13.0. The van der Waals surface area contributed by atoms with E-state index in [9.17, 15) is 19.5 Å². The van der Waals surface area contributed by atoms with Crippen molar-refractivity contribution in [3.8, 4) is 28.4 Å². The summed E-state index contributed by atoms with van der Waals surface area (Å²) in [6, 6.07) is 22.0. The van der Waals surface area contributed by atoms with E-state index in [1.165, 1.54) is 31.4 Å². The van der Waals surface area contributed by atoms with Crippen LogP contribution in [0.3, 0.4) is 0 Å². The number of amides is 1. The molecule has 0 aromatic heterocycles. The number of carbonyl (C=O) groups excluding carboxylic acids is 2. The lowest BCUT2D eigenvalue weighted by molar-refractivity contribution is -0.119. The van der Waals surface area contributed by atoms with Gasteiger partial charge in [-0.2, -0.15) is 0 Å². The number of para-hydroxylation sites is 2. The van der Waals surface area contributed by atoms with Crippen molar-refractivity contribution in [3.05, 3.63) is 95.6 Å². The monoisotopic (exact) mass is 581 g/mol. The van der Waals surface area contributed by atoms with E-state index in [2.05, 4.69) is 16.0 Å². The number of aromatic carboxylic acids is 1. The molecule has 43 heavy (non-hydrogen) atoms. The predicted molar refractivity (Wildman–Crippen MR) is 163 cm³/mol. The van der Waals surface area contributed by atoms with Crippen LogP contribution in [0.4, 0.5) is 17.1 Å². The number of fused-ring (bicyclic) bond motifs is 1. The molecule has 0 saturated carbocycles. The zero-order valence-electron chi connectivity index (χ0n) is 24.1. The van der Waals surface area contributed by atoms with Gasteiger partial charge in [0.25, 0.3) is 0 Å². The summed E-state index contributed by atoms with van der Waals surface area (Å²) in [4.78, 5) is 37.1. The first-order chi connectivity index (χ1) is 20.6. The number of anilines is 3. The normalized spacial score (nSPS) is 13.2. The summed E-state index contributed by atoms with van der Waals surface area (Å²) < 4.78 is 16.8. The molecule has 0 unspecified atom stereocenters. The smallest absolute Gasteiger partial charge is 0.343 e. The Morgan fingerprint density at radius 3 is 2.33 bits per heavy atom. The van der Waals surface area contributed by atoms with Gasteiger partial charge in [0.05, 0.1) is 42.4 Å². The second kappa shape index (κ2) is 11.8. The van der Waals surface area contributed by atoms with Crippen LogP contribution < -0.4 is 30.2 Å². The summed E-state index contributed by atoms with van der Waals surface area (Å²) >= 11 is 0. The summed E-state index contributed by atoms with van der Waals surface area (Å²) in [5, 5.41) is 19.1. The van der Waals surface area contributed by atoms with Gasteiger partial charge < -0.3 is 35.3 Å². The van der Waals surface area contributed by atoms with Gasteiger partial charge in [-0.15, -0.1) is 0 Å². The fourth-order valence-electron chi connectivity index (χ4n) is 4.87. The van der Waals surface area contributed by atoms with Gasteiger partial charge in [-0.3, -0.25) is 4.79 Å². The summed E-state index contributed by atoms with van der Waals surface area (Å²) in [5.74, 6) is -0.693. The quantitative estimate of drug-likeness (QED) is 0.138. The molecule has 10 heteroatoms. The highest BCUT2D eigenvalue weighted by molar-refractivity contribution is 6.07. The van der Waals surface area contributed by atoms with Crippen LogP contribution >= 0.6 is 0 Å². The molecule has 0 fully saturated rings. The Morgan fingerprint density at radius 1 is 0.860 bits per heavy atom. The third-order valence-corrected chi connectivity index (χ3v) is 7.15. The number of carboxylic acid groups (broad SMARTS) is 1. The van der Waals surface area contributed by atoms with Crippen molar-refractivity contribution < 1.29 is 33.7 Å². The number of nitrogens with one attached hydrogen (secondary N) is 3. The minimum absolute atomic E-state index is 0.0194. The first-order valence-corrected chi connectivity index (χ1v) is 13.5. The molecule has 1 heterocycles. The van der Waals surface area contributed by atoms with Gasteiger partial charge in [0.15, 0.2) is 0 Å². The largest absolute Gasteiger partial charge is 0.496 e. The summed E-state index contributed by atoms with van der Waals surface area (Å²) in [7, 11) is 3.11. The molecule has 0 spiro atoms. The minimum Gasteiger partial charge on any atom is -0.496 e. The molecule has 1 aliphatic rings. The maximum Gasteiger partial charge on any atom is 0.343 e. The summed E-state index contributed by atoms with van der Waals surface area (Å²) in [5.41, 5.74) is 3.77. The van der Waals surface area contributed by atoms with Crippen LogP contribution in [0.2, 0.25) is 0 Å². The van der Waals surface area contributed by atoms with Gasteiger partial charge in [-0.05, 0) is 67.9 Å². The second-order valence-electron chi connectivity index (χ2n) is 10.4. The molecule has 4 aromatic carbocycles. The van der Waals surface area contributed by atoms with E-state index in [0.29, 0.717) is 29.3 Å². The van der Waals surface area contributed by atoms with Crippen LogP contribution in [0.15, 0.2) is 78.9 Å². The van der Waals surface area contributed by atoms with Crippen LogP contribution in [0.1, 0.15) is 40.1 Å². The Hall–Kier alpha value is -5.51. The highest BCUT2D eigenvalue weighted by Gasteiger charge is 2.34. The fourth-order valence-corrected chi connectivity index (χ4v) is 4.87. The van der Waals surface area contributed by atoms with Gasteiger partial charge in [-0.25, -0.2) is 9.59 Å². The second-order valence-corrected chi connectivity index (χ2v) is 10.4. The zero-order chi connectivity index (χ0) is 30.7. The Kier molecular flexibility index (Phi) is 7.94. The van der Waals surface area contributed by atoms with Crippen molar-refractivity contribution in [2.75, 3.05) is 30.2 Å². The van der Waals surface area contributed by atoms with Gasteiger partial charge in [0.1, 0.15) is 22.8 Å². The van der Waals surface area contributed by atoms with Crippen molar-refractivity contribution in [1.29, 1.82) is 0 Å². The average molecular weight is 582 g/mol. The maximum atomic E-state index is 13.0. The standard InChI is InChI=1S/C33H31N3O7/c1-33(2)32(40)35-29-24(18-34-25-10-5-6-11-27(25)41-3)22(14-15-26(29)36-33)23-13-12-21(17-28(23)42-4)43-31(39)20-9-7-8-19(16-20)30(37)38/h5-17,34,36H,18H2,1-4H3,(H,35,40)(H,37,38). The number of esters is 1. The fraction of sp³-hybridized carbons (Fsp3) is 0.182. The van der Waals surface area contributed by atoms with Gasteiger partial charge >= 0.3 is 11.9 Å². The lowest BCUT2D eigenvalue weighted by Crippen LogP contribution is -2.47. The Morgan fingerprint density at radius 2 is 1.58 bits per heavy atom. The third kappa shape index (κ3) is 5.94. The van der Waals surface area contributed by atoms with Gasteiger partial charge in [0, 0.05) is 23.7 Å². The SMILES string of the molecule is COc1ccccc1NCc1c(-c2ccc(OC(=O)c3cccc(C(=O)O)c3)cc2OC)ccc2c1NC(=O)C(C)(C)N2. The highest BCUT2D eigenvalue weighted by Crippen LogP contribution is 2.43. The molecule has 0 bridgehead atoms. The van der Waals surface area contributed by atoms with Crippen molar-refractivity contribution in [1.82, 2.24) is 0 Å². The number of carbonyl (C=O) groups is 3. The molecule has 5 rings (SSSR count). The molecule has 4 N–H and O–H groups in total. The van der Waals surface area contributed by atoms with E-state index in [1.54, 1.807) is 25.3 Å². The summed E-state index contributed by atoms with van der Waals surface area (Å²) in [6.07, 6.45) is 0. The van der Waals surface area contributed by atoms with Gasteiger partial charge in [0.2, 0.25) is 5.91 Å². The number of carboxylic acids is 1. The lowest BCUT2D eigenvalue weighted by atomic mass is 9.92. The number of methoxy groups -OCH3 is 2. The van der Waals surface area contributed by atoms with Crippen molar-refractivity contribution in [2.24, 2.45) is 0 Å². The van der Waals surface area contributed by atoms with Crippen LogP contribution in [-0.4, -0.2) is 42.7 Å². The molecule has 1 amide bonds. The van der Waals surface area contributed by atoms with Gasteiger partial charge in [-0.1, -0.05) is 24.3 Å². The van der Waals surface area contributed by atoms with E-state index >= 15 is 0 Å². The predicted octanol–water partition coefficient (Wildman–Crippen LogP) is 6.04. The summed E-state index contributed by atoms with van der Waals surface area (Å²) in [6.45, 7) is 3.96.